The largest absolute Gasteiger partial charge is 0.289 e. The van der Waals surface area contributed by atoms with Crippen LogP contribution >= 0.6 is 11.6 Å². The van der Waals surface area contributed by atoms with Crippen molar-refractivity contribution in [2.45, 2.75) is 6.92 Å². The second-order valence-corrected chi connectivity index (χ2v) is 4.23. The van der Waals surface area contributed by atoms with Crippen molar-refractivity contribution in [1.29, 1.82) is 0 Å². The van der Waals surface area contributed by atoms with Gasteiger partial charge < -0.3 is 0 Å². The van der Waals surface area contributed by atoms with Crippen molar-refractivity contribution in [3.63, 3.8) is 0 Å². The summed E-state index contributed by atoms with van der Waals surface area (Å²) in [6, 6.07) is 10.9. The normalized spacial score (nSPS) is 10.3. The third kappa shape index (κ3) is 2.53. The Morgan fingerprint density at radius 2 is 1.76 bits per heavy atom. The van der Waals surface area contributed by atoms with Gasteiger partial charge in [0.05, 0.1) is 5.02 Å². The van der Waals surface area contributed by atoms with E-state index in [2.05, 4.69) is 0 Å². The molecule has 0 saturated heterocycles. The van der Waals surface area contributed by atoms with Gasteiger partial charge in [-0.25, -0.2) is 4.39 Å². The standard InChI is InChI=1S/C14H10ClFO/c1-9-2-4-10(5-3-9)14(17)12-8-11(16)6-7-13(12)15/h2-8H,1H3. The fraction of sp³-hybridized carbons (Fsp3) is 0.0714. The van der Waals surface area contributed by atoms with Crippen molar-refractivity contribution in [1.82, 2.24) is 0 Å². The molecule has 3 heteroatoms. The van der Waals surface area contributed by atoms with E-state index in [0.29, 0.717) is 5.56 Å². The van der Waals surface area contributed by atoms with Crippen LogP contribution in [0.5, 0.6) is 0 Å². The van der Waals surface area contributed by atoms with Gasteiger partial charge in [-0.2, -0.15) is 0 Å². The molecule has 0 bridgehead atoms. The summed E-state index contributed by atoms with van der Waals surface area (Å²) in [5, 5.41) is 0.261. The van der Waals surface area contributed by atoms with Crippen molar-refractivity contribution >= 4 is 17.4 Å². The average molecular weight is 249 g/mol. The maximum absolute atomic E-state index is 13.1. The lowest BCUT2D eigenvalue weighted by Gasteiger charge is -2.04. The van der Waals surface area contributed by atoms with E-state index in [0.717, 1.165) is 11.6 Å². The van der Waals surface area contributed by atoms with Crippen molar-refractivity contribution in [2.24, 2.45) is 0 Å². The Morgan fingerprint density at radius 1 is 1.12 bits per heavy atom. The van der Waals surface area contributed by atoms with Crippen molar-refractivity contribution in [2.75, 3.05) is 0 Å². The third-order valence-electron chi connectivity index (χ3n) is 2.49. The van der Waals surface area contributed by atoms with Gasteiger partial charge in [0.2, 0.25) is 0 Å². The minimum atomic E-state index is -0.468. The molecule has 2 aromatic carbocycles. The van der Waals surface area contributed by atoms with Crippen LogP contribution in [0.25, 0.3) is 0 Å². The first kappa shape index (κ1) is 11.8. The molecule has 0 aliphatic rings. The molecule has 0 aromatic heterocycles. The summed E-state index contributed by atoms with van der Waals surface area (Å²) in [5.41, 5.74) is 1.76. The highest BCUT2D eigenvalue weighted by Gasteiger charge is 2.13. The first-order valence-electron chi connectivity index (χ1n) is 5.14. The van der Waals surface area contributed by atoms with E-state index in [1.54, 1.807) is 12.1 Å². The maximum Gasteiger partial charge on any atom is 0.194 e. The Bertz CT molecular complexity index is 561. The van der Waals surface area contributed by atoms with Gasteiger partial charge in [0.25, 0.3) is 0 Å². The summed E-state index contributed by atoms with van der Waals surface area (Å²) in [5.74, 6) is -0.737. The Hall–Kier alpha value is -1.67. The summed E-state index contributed by atoms with van der Waals surface area (Å²) >= 11 is 5.88. The second kappa shape index (κ2) is 4.68. The summed E-state index contributed by atoms with van der Waals surface area (Å²) < 4.78 is 13.1. The van der Waals surface area contributed by atoms with Gasteiger partial charge in [-0.3, -0.25) is 4.79 Å². The number of hydrogen-bond donors (Lipinski definition) is 0. The molecular formula is C14H10ClFO. The number of aryl methyl sites for hydroxylation is 1. The summed E-state index contributed by atoms with van der Waals surface area (Å²) in [6.45, 7) is 1.93. The third-order valence-corrected chi connectivity index (χ3v) is 2.82. The zero-order valence-corrected chi connectivity index (χ0v) is 9.96. The highest BCUT2D eigenvalue weighted by atomic mass is 35.5. The predicted octanol–water partition coefficient (Wildman–Crippen LogP) is 4.02. The van der Waals surface area contributed by atoms with Crippen LogP contribution in [0.1, 0.15) is 21.5 Å². The van der Waals surface area contributed by atoms with E-state index >= 15 is 0 Å². The zero-order chi connectivity index (χ0) is 12.4. The molecule has 0 amide bonds. The van der Waals surface area contributed by atoms with Crippen LogP contribution in [-0.4, -0.2) is 5.78 Å². The lowest BCUT2D eigenvalue weighted by molar-refractivity contribution is 0.103. The summed E-state index contributed by atoms with van der Waals surface area (Å²) in [7, 11) is 0. The van der Waals surface area contributed by atoms with Gasteiger partial charge in [0, 0.05) is 11.1 Å². The van der Waals surface area contributed by atoms with Gasteiger partial charge >= 0.3 is 0 Å². The van der Waals surface area contributed by atoms with Gasteiger partial charge in [-0.1, -0.05) is 41.4 Å². The molecule has 0 spiro atoms. The van der Waals surface area contributed by atoms with Crippen LogP contribution in [0.4, 0.5) is 4.39 Å². The average Bonchev–Trinajstić information content (AvgIpc) is 2.32. The lowest BCUT2D eigenvalue weighted by Crippen LogP contribution is -2.02. The molecule has 0 radical (unpaired) electrons. The van der Waals surface area contributed by atoms with E-state index in [-0.39, 0.29) is 16.4 Å². The summed E-state index contributed by atoms with van der Waals surface area (Å²) in [6.07, 6.45) is 0. The minimum absolute atomic E-state index is 0.190. The van der Waals surface area contributed by atoms with Crippen LogP contribution in [-0.2, 0) is 0 Å². The van der Waals surface area contributed by atoms with Crippen molar-refractivity contribution < 1.29 is 9.18 Å². The number of carbonyl (C=O) groups excluding carboxylic acids is 1. The number of carbonyl (C=O) groups is 1. The molecule has 0 aliphatic carbocycles. The molecule has 0 fully saturated rings. The van der Waals surface area contributed by atoms with E-state index in [1.807, 2.05) is 19.1 Å². The number of hydrogen-bond acceptors (Lipinski definition) is 1. The monoisotopic (exact) mass is 248 g/mol. The van der Waals surface area contributed by atoms with Crippen LogP contribution in [0, 0.1) is 12.7 Å². The molecule has 1 nitrogen and oxygen atoms in total. The zero-order valence-electron chi connectivity index (χ0n) is 9.21. The van der Waals surface area contributed by atoms with Gasteiger partial charge in [0.1, 0.15) is 5.82 Å². The van der Waals surface area contributed by atoms with E-state index in [4.69, 9.17) is 11.6 Å². The number of rotatable bonds is 2. The van der Waals surface area contributed by atoms with E-state index in [9.17, 15) is 9.18 Å². The molecule has 0 saturated carbocycles. The Balaban J connectivity index is 2.43. The topological polar surface area (TPSA) is 17.1 Å². The number of halogens is 2. The van der Waals surface area contributed by atoms with Crippen LogP contribution in [0.15, 0.2) is 42.5 Å². The van der Waals surface area contributed by atoms with Crippen LogP contribution < -0.4 is 0 Å². The van der Waals surface area contributed by atoms with Crippen molar-refractivity contribution in [3.05, 3.63) is 70.0 Å². The molecule has 2 rings (SSSR count). The first-order valence-corrected chi connectivity index (χ1v) is 5.52. The highest BCUT2D eigenvalue weighted by molar-refractivity contribution is 6.34. The SMILES string of the molecule is Cc1ccc(C(=O)c2cc(F)ccc2Cl)cc1. The maximum atomic E-state index is 13.1. The molecule has 2 aromatic rings. The van der Waals surface area contributed by atoms with Gasteiger partial charge in [-0.15, -0.1) is 0 Å². The molecule has 0 atom stereocenters. The van der Waals surface area contributed by atoms with Gasteiger partial charge in [0.15, 0.2) is 5.78 Å². The molecule has 0 aliphatic heterocycles. The highest BCUT2D eigenvalue weighted by Crippen LogP contribution is 2.20. The first-order chi connectivity index (χ1) is 8.08. The number of benzene rings is 2. The fourth-order valence-electron chi connectivity index (χ4n) is 1.53. The van der Waals surface area contributed by atoms with Crippen LogP contribution in [0.3, 0.4) is 0 Å². The van der Waals surface area contributed by atoms with Crippen molar-refractivity contribution in [3.8, 4) is 0 Å². The molecule has 0 unspecified atom stereocenters. The molecule has 0 N–H and O–H groups in total. The Labute approximate surface area is 104 Å². The molecular weight excluding hydrogens is 239 g/mol. The number of ketones is 1. The molecule has 0 heterocycles. The quantitative estimate of drug-likeness (QED) is 0.734. The van der Waals surface area contributed by atoms with Crippen LogP contribution in [0.2, 0.25) is 5.02 Å². The second-order valence-electron chi connectivity index (χ2n) is 3.82. The molecule has 86 valence electrons. The lowest BCUT2D eigenvalue weighted by atomic mass is 10.0. The van der Waals surface area contributed by atoms with E-state index in [1.165, 1.54) is 12.1 Å². The minimum Gasteiger partial charge on any atom is -0.289 e. The molecule has 17 heavy (non-hydrogen) atoms. The summed E-state index contributed by atoms with van der Waals surface area (Å²) in [4.78, 5) is 12.1. The van der Waals surface area contributed by atoms with Gasteiger partial charge in [-0.05, 0) is 25.1 Å². The predicted molar refractivity (Wildman–Crippen MR) is 66.0 cm³/mol. The smallest absolute Gasteiger partial charge is 0.194 e. The Kier molecular flexibility index (Phi) is 3.25. The Morgan fingerprint density at radius 3 is 2.41 bits per heavy atom. The fourth-order valence-corrected chi connectivity index (χ4v) is 1.74. The van der Waals surface area contributed by atoms with E-state index < -0.39 is 5.82 Å².